The molecule has 3 aromatic rings. The van der Waals surface area contributed by atoms with Crippen molar-refractivity contribution in [3.05, 3.63) is 69.5 Å². The van der Waals surface area contributed by atoms with Gasteiger partial charge in [-0.05, 0) is 37.6 Å². The molecule has 0 saturated heterocycles. The SMILES string of the molecule is Cc1sc(CNC(=O)CCCOc2ccccc2)nc1-c1ccc(Cl)cc1. The van der Waals surface area contributed by atoms with Gasteiger partial charge in [-0.3, -0.25) is 4.79 Å². The van der Waals surface area contributed by atoms with Gasteiger partial charge in [-0.1, -0.05) is 41.9 Å². The Kier molecular flexibility index (Phi) is 6.85. The predicted octanol–water partition coefficient (Wildman–Crippen LogP) is 5.25. The lowest BCUT2D eigenvalue weighted by molar-refractivity contribution is -0.121. The zero-order chi connectivity index (χ0) is 19.1. The van der Waals surface area contributed by atoms with Crippen molar-refractivity contribution in [2.75, 3.05) is 6.61 Å². The first-order chi connectivity index (χ1) is 13.1. The lowest BCUT2D eigenvalue weighted by Crippen LogP contribution is -2.22. The molecule has 140 valence electrons. The van der Waals surface area contributed by atoms with Crippen LogP contribution in [0.25, 0.3) is 11.3 Å². The number of para-hydroxylation sites is 1. The number of thiazole rings is 1. The van der Waals surface area contributed by atoms with Gasteiger partial charge in [0.1, 0.15) is 10.8 Å². The molecule has 4 nitrogen and oxygen atoms in total. The van der Waals surface area contributed by atoms with Gasteiger partial charge in [0.15, 0.2) is 0 Å². The largest absolute Gasteiger partial charge is 0.494 e. The van der Waals surface area contributed by atoms with E-state index in [1.807, 2.05) is 61.5 Å². The summed E-state index contributed by atoms with van der Waals surface area (Å²) in [7, 11) is 0. The molecule has 1 amide bonds. The average Bonchev–Trinajstić information content (AvgIpc) is 3.06. The third-order valence-electron chi connectivity index (χ3n) is 3.96. The molecule has 1 heterocycles. The number of aromatic nitrogens is 1. The molecule has 2 aromatic carbocycles. The number of rotatable bonds is 8. The van der Waals surface area contributed by atoms with E-state index in [0.717, 1.165) is 26.9 Å². The van der Waals surface area contributed by atoms with E-state index in [1.165, 1.54) is 0 Å². The van der Waals surface area contributed by atoms with E-state index in [-0.39, 0.29) is 5.91 Å². The Bertz CT molecular complexity index is 879. The van der Waals surface area contributed by atoms with Gasteiger partial charge in [-0.2, -0.15) is 0 Å². The number of carbonyl (C=O) groups is 1. The van der Waals surface area contributed by atoms with Crippen LogP contribution >= 0.6 is 22.9 Å². The first-order valence-electron chi connectivity index (χ1n) is 8.78. The molecule has 3 rings (SSSR count). The first kappa shape index (κ1) is 19.4. The van der Waals surface area contributed by atoms with Gasteiger partial charge in [-0.15, -0.1) is 11.3 Å². The number of nitrogens with zero attached hydrogens (tertiary/aromatic N) is 1. The van der Waals surface area contributed by atoms with Gasteiger partial charge in [0.2, 0.25) is 5.91 Å². The van der Waals surface area contributed by atoms with Crippen LogP contribution < -0.4 is 10.1 Å². The second-order valence-corrected chi connectivity index (χ2v) is 7.79. The number of halogens is 1. The predicted molar refractivity (Wildman–Crippen MR) is 110 cm³/mol. The van der Waals surface area contributed by atoms with Crippen LogP contribution in [0, 0.1) is 6.92 Å². The van der Waals surface area contributed by atoms with Crippen molar-refractivity contribution >= 4 is 28.8 Å². The van der Waals surface area contributed by atoms with E-state index in [4.69, 9.17) is 16.3 Å². The van der Waals surface area contributed by atoms with Crippen molar-refractivity contribution in [1.29, 1.82) is 0 Å². The minimum Gasteiger partial charge on any atom is -0.494 e. The monoisotopic (exact) mass is 400 g/mol. The minimum atomic E-state index is 0.00700. The summed E-state index contributed by atoms with van der Waals surface area (Å²) in [6.45, 7) is 3.00. The number of nitrogens with one attached hydrogen (secondary N) is 1. The zero-order valence-corrected chi connectivity index (χ0v) is 16.6. The highest BCUT2D eigenvalue weighted by Crippen LogP contribution is 2.28. The van der Waals surface area contributed by atoms with Crippen molar-refractivity contribution in [1.82, 2.24) is 10.3 Å². The normalized spacial score (nSPS) is 10.6. The fourth-order valence-electron chi connectivity index (χ4n) is 2.60. The van der Waals surface area contributed by atoms with Crippen LogP contribution in [0.5, 0.6) is 5.75 Å². The molecule has 0 aliphatic carbocycles. The van der Waals surface area contributed by atoms with Gasteiger partial charge < -0.3 is 10.1 Å². The molecule has 0 unspecified atom stereocenters. The topological polar surface area (TPSA) is 51.2 Å². The number of amides is 1. The summed E-state index contributed by atoms with van der Waals surface area (Å²) in [5, 5.41) is 4.53. The van der Waals surface area contributed by atoms with Gasteiger partial charge >= 0.3 is 0 Å². The van der Waals surface area contributed by atoms with Crippen molar-refractivity contribution in [2.24, 2.45) is 0 Å². The van der Waals surface area contributed by atoms with Crippen LogP contribution in [0.15, 0.2) is 54.6 Å². The van der Waals surface area contributed by atoms with Crippen LogP contribution in [0.2, 0.25) is 5.02 Å². The van der Waals surface area contributed by atoms with E-state index in [2.05, 4.69) is 10.3 Å². The summed E-state index contributed by atoms with van der Waals surface area (Å²) in [5.74, 6) is 0.832. The van der Waals surface area contributed by atoms with E-state index in [1.54, 1.807) is 11.3 Å². The zero-order valence-electron chi connectivity index (χ0n) is 15.1. The van der Waals surface area contributed by atoms with Crippen LogP contribution in [-0.4, -0.2) is 17.5 Å². The van der Waals surface area contributed by atoms with Crippen LogP contribution in [0.1, 0.15) is 22.7 Å². The summed E-state index contributed by atoms with van der Waals surface area (Å²) in [5.41, 5.74) is 1.97. The smallest absolute Gasteiger partial charge is 0.220 e. The van der Waals surface area contributed by atoms with Gasteiger partial charge in [0.05, 0.1) is 18.8 Å². The second kappa shape index (κ2) is 9.53. The van der Waals surface area contributed by atoms with Crippen LogP contribution in [0.3, 0.4) is 0 Å². The molecule has 0 atom stereocenters. The fourth-order valence-corrected chi connectivity index (χ4v) is 3.63. The first-order valence-corrected chi connectivity index (χ1v) is 9.98. The average molecular weight is 401 g/mol. The summed E-state index contributed by atoms with van der Waals surface area (Å²) in [6, 6.07) is 17.2. The third-order valence-corrected chi connectivity index (χ3v) is 5.18. The maximum absolute atomic E-state index is 12.0. The molecule has 0 aliphatic rings. The molecule has 6 heteroatoms. The lowest BCUT2D eigenvalue weighted by atomic mass is 10.1. The highest BCUT2D eigenvalue weighted by atomic mass is 35.5. The molecule has 1 N–H and O–H groups in total. The van der Waals surface area contributed by atoms with Crippen LogP contribution in [-0.2, 0) is 11.3 Å². The van der Waals surface area contributed by atoms with Gasteiger partial charge in [0, 0.05) is 21.9 Å². The van der Waals surface area contributed by atoms with E-state index >= 15 is 0 Å². The highest BCUT2D eigenvalue weighted by Gasteiger charge is 2.11. The molecule has 0 fully saturated rings. The maximum Gasteiger partial charge on any atom is 0.220 e. The summed E-state index contributed by atoms with van der Waals surface area (Å²) >= 11 is 7.54. The number of benzene rings is 2. The molecular formula is C21H21ClN2O2S. The second-order valence-electron chi connectivity index (χ2n) is 6.06. The van der Waals surface area contributed by atoms with Crippen LogP contribution in [0.4, 0.5) is 0 Å². The molecule has 0 radical (unpaired) electrons. The van der Waals surface area contributed by atoms with Crippen molar-refractivity contribution < 1.29 is 9.53 Å². The lowest BCUT2D eigenvalue weighted by Gasteiger charge is -2.06. The summed E-state index contributed by atoms with van der Waals surface area (Å²) in [6.07, 6.45) is 1.11. The Hall–Kier alpha value is -2.37. The quantitative estimate of drug-likeness (QED) is 0.525. The molecule has 0 bridgehead atoms. The Labute approximate surface area is 168 Å². The molecule has 1 aromatic heterocycles. The highest BCUT2D eigenvalue weighted by molar-refractivity contribution is 7.12. The standard InChI is InChI=1S/C21H21ClN2O2S/c1-15-21(16-9-11-17(22)12-10-16)24-20(27-15)14-23-19(25)8-5-13-26-18-6-3-2-4-7-18/h2-4,6-7,9-12H,5,8,13-14H2,1H3,(H,23,25). The van der Waals surface area contributed by atoms with E-state index in [0.29, 0.717) is 31.0 Å². The number of ether oxygens (including phenoxy) is 1. The molecular weight excluding hydrogens is 380 g/mol. The van der Waals surface area contributed by atoms with Crippen molar-refractivity contribution in [3.8, 4) is 17.0 Å². The summed E-state index contributed by atoms with van der Waals surface area (Å²) < 4.78 is 5.60. The number of carbonyl (C=O) groups excluding carboxylic acids is 1. The Morgan fingerprint density at radius 3 is 2.63 bits per heavy atom. The Morgan fingerprint density at radius 2 is 1.89 bits per heavy atom. The third kappa shape index (κ3) is 5.81. The number of aryl methyl sites for hydroxylation is 1. The maximum atomic E-state index is 12.0. The van der Waals surface area contributed by atoms with E-state index < -0.39 is 0 Å². The molecule has 0 saturated carbocycles. The van der Waals surface area contributed by atoms with Gasteiger partial charge in [0.25, 0.3) is 0 Å². The van der Waals surface area contributed by atoms with Crippen molar-refractivity contribution in [2.45, 2.75) is 26.3 Å². The van der Waals surface area contributed by atoms with Crippen molar-refractivity contribution in [3.63, 3.8) is 0 Å². The van der Waals surface area contributed by atoms with E-state index in [9.17, 15) is 4.79 Å². The number of hydrogen-bond donors (Lipinski definition) is 1. The minimum absolute atomic E-state index is 0.00700. The Morgan fingerprint density at radius 1 is 1.15 bits per heavy atom. The Balaban J connectivity index is 1.43. The molecule has 0 aliphatic heterocycles. The van der Waals surface area contributed by atoms with Gasteiger partial charge in [-0.25, -0.2) is 4.98 Å². The molecule has 27 heavy (non-hydrogen) atoms. The fraction of sp³-hybridized carbons (Fsp3) is 0.238. The summed E-state index contributed by atoms with van der Waals surface area (Å²) in [4.78, 5) is 17.8. The molecule has 0 spiro atoms. The number of hydrogen-bond acceptors (Lipinski definition) is 4.